The Kier molecular flexibility index (Phi) is 5.19. The van der Waals surface area contributed by atoms with Crippen molar-refractivity contribution < 1.29 is 9.53 Å². The van der Waals surface area contributed by atoms with E-state index in [0.717, 1.165) is 16.5 Å². The van der Waals surface area contributed by atoms with Crippen LogP contribution in [0, 0.1) is 0 Å². The predicted octanol–water partition coefficient (Wildman–Crippen LogP) is 2.51. The summed E-state index contributed by atoms with van der Waals surface area (Å²) in [5, 5.41) is 6.57. The topological polar surface area (TPSA) is 76.1 Å². The smallest absolute Gasteiger partial charge is 0.315 e. The summed E-state index contributed by atoms with van der Waals surface area (Å²) < 4.78 is 5.72. The molecule has 6 nitrogen and oxygen atoms in total. The molecular weight excluding hydrogens is 304 g/mol. The molecule has 2 aromatic heterocycles. The van der Waals surface area contributed by atoms with Gasteiger partial charge in [0.2, 0.25) is 0 Å². The van der Waals surface area contributed by atoms with Crippen LogP contribution in [0.2, 0.25) is 0 Å². The van der Waals surface area contributed by atoms with E-state index in [1.54, 1.807) is 18.6 Å². The molecule has 0 radical (unpaired) electrons. The Morgan fingerprint density at radius 3 is 2.71 bits per heavy atom. The van der Waals surface area contributed by atoms with Crippen LogP contribution in [0.25, 0.3) is 10.9 Å². The first-order valence-electron chi connectivity index (χ1n) is 7.70. The van der Waals surface area contributed by atoms with Crippen LogP contribution in [0.5, 0.6) is 5.75 Å². The standard InChI is InChI=1S/C18H18N4O2/c23-18(22-13-14-6-9-19-10-7-14)21-11-12-24-16-5-1-3-15-4-2-8-20-17(15)16/h1-10H,11-13H2,(H2,21,22,23). The van der Waals surface area contributed by atoms with Gasteiger partial charge in [0, 0.05) is 30.5 Å². The molecule has 0 aliphatic carbocycles. The number of amides is 2. The molecule has 0 aliphatic rings. The summed E-state index contributed by atoms with van der Waals surface area (Å²) in [7, 11) is 0. The number of rotatable bonds is 6. The number of carbonyl (C=O) groups excluding carboxylic acids is 1. The lowest BCUT2D eigenvalue weighted by Crippen LogP contribution is -2.37. The highest BCUT2D eigenvalue weighted by Gasteiger charge is 2.03. The van der Waals surface area contributed by atoms with Crippen molar-refractivity contribution in [3.05, 3.63) is 66.6 Å². The predicted molar refractivity (Wildman–Crippen MR) is 91.7 cm³/mol. The minimum absolute atomic E-state index is 0.230. The molecule has 6 heteroatoms. The summed E-state index contributed by atoms with van der Waals surface area (Å²) in [6.45, 7) is 1.24. The zero-order valence-corrected chi connectivity index (χ0v) is 13.1. The molecule has 0 unspecified atom stereocenters. The van der Waals surface area contributed by atoms with Crippen LogP contribution >= 0.6 is 0 Å². The van der Waals surface area contributed by atoms with Crippen molar-refractivity contribution in [2.24, 2.45) is 0 Å². The molecule has 0 aliphatic heterocycles. The molecule has 0 atom stereocenters. The maximum Gasteiger partial charge on any atom is 0.315 e. The van der Waals surface area contributed by atoms with Crippen LogP contribution in [-0.4, -0.2) is 29.2 Å². The first-order chi connectivity index (χ1) is 11.8. The quantitative estimate of drug-likeness (QED) is 0.684. The molecule has 1 aromatic carbocycles. The average molecular weight is 322 g/mol. The third-order valence-corrected chi connectivity index (χ3v) is 3.44. The van der Waals surface area contributed by atoms with Gasteiger partial charge in [-0.2, -0.15) is 0 Å². The van der Waals surface area contributed by atoms with Crippen LogP contribution in [0.4, 0.5) is 4.79 Å². The van der Waals surface area contributed by atoms with Crippen molar-refractivity contribution >= 4 is 16.9 Å². The molecule has 3 rings (SSSR count). The van der Waals surface area contributed by atoms with Gasteiger partial charge < -0.3 is 15.4 Å². The Bertz CT molecular complexity index is 803. The number of hydrogen-bond donors (Lipinski definition) is 2. The molecule has 0 saturated heterocycles. The van der Waals surface area contributed by atoms with Crippen LogP contribution in [0.1, 0.15) is 5.56 Å². The second-order valence-electron chi connectivity index (χ2n) is 5.14. The number of hydrogen-bond acceptors (Lipinski definition) is 4. The normalized spacial score (nSPS) is 10.3. The maximum absolute atomic E-state index is 11.7. The van der Waals surface area contributed by atoms with Gasteiger partial charge in [-0.05, 0) is 29.8 Å². The van der Waals surface area contributed by atoms with Crippen molar-refractivity contribution in [1.29, 1.82) is 0 Å². The lowest BCUT2D eigenvalue weighted by atomic mass is 10.2. The Labute approximate surface area is 139 Å². The molecule has 122 valence electrons. The van der Waals surface area contributed by atoms with Gasteiger partial charge in [0.15, 0.2) is 0 Å². The molecule has 24 heavy (non-hydrogen) atoms. The highest BCUT2D eigenvalue weighted by molar-refractivity contribution is 5.84. The molecule has 0 fully saturated rings. The van der Waals surface area contributed by atoms with Crippen molar-refractivity contribution in [3.8, 4) is 5.75 Å². The number of ether oxygens (including phenoxy) is 1. The van der Waals surface area contributed by atoms with Gasteiger partial charge in [-0.15, -0.1) is 0 Å². The first kappa shape index (κ1) is 15.7. The van der Waals surface area contributed by atoms with Crippen molar-refractivity contribution in [3.63, 3.8) is 0 Å². The van der Waals surface area contributed by atoms with Crippen molar-refractivity contribution in [2.45, 2.75) is 6.54 Å². The fourth-order valence-electron chi connectivity index (χ4n) is 2.26. The number of nitrogens with zero attached hydrogens (tertiary/aromatic N) is 2. The largest absolute Gasteiger partial charge is 0.489 e. The van der Waals surface area contributed by atoms with E-state index in [-0.39, 0.29) is 6.03 Å². The lowest BCUT2D eigenvalue weighted by molar-refractivity contribution is 0.236. The third kappa shape index (κ3) is 4.19. The summed E-state index contributed by atoms with van der Waals surface area (Å²) >= 11 is 0. The van der Waals surface area contributed by atoms with Crippen LogP contribution in [0.3, 0.4) is 0 Å². The molecule has 0 bridgehead atoms. The number of para-hydroxylation sites is 1. The van der Waals surface area contributed by atoms with E-state index >= 15 is 0 Å². The third-order valence-electron chi connectivity index (χ3n) is 3.44. The Hall–Kier alpha value is -3.15. The second-order valence-corrected chi connectivity index (χ2v) is 5.14. The summed E-state index contributed by atoms with van der Waals surface area (Å²) in [5.74, 6) is 0.715. The van der Waals surface area contributed by atoms with Crippen LogP contribution in [0.15, 0.2) is 61.1 Å². The zero-order valence-electron chi connectivity index (χ0n) is 13.1. The fourth-order valence-corrected chi connectivity index (χ4v) is 2.26. The van der Waals surface area contributed by atoms with E-state index in [9.17, 15) is 4.79 Å². The second kappa shape index (κ2) is 7.92. The minimum atomic E-state index is -0.230. The lowest BCUT2D eigenvalue weighted by Gasteiger charge is -2.10. The maximum atomic E-state index is 11.7. The van der Waals surface area contributed by atoms with Crippen LogP contribution < -0.4 is 15.4 Å². The summed E-state index contributed by atoms with van der Waals surface area (Å²) in [6.07, 6.45) is 5.13. The first-order valence-corrected chi connectivity index (χ1v) is 7.70. The van der Waals surface area contributed by atoms with E-state index in [1.807, 2.05) is 42.5 Å². The van der Waals surface area contributed by atoms with Gasteiger partial charge in [0.05, 0.1) is 6.54 Å². The number of pyridine rings is 2. The Balaban J connectivity index is 1.42. The number of fused-ring (bicyclic) bond motifs is 1. The fraction of sp³-hybridized carbons (Fsp3) is 0.167. The van der Waals surface area contributed by atoms with Crippen LogP contribution in [-0.2, 0) is 6.54 Å². The number of carbonyl (C=O) groups is 1. The number of urea groups is 1. The van der Waals surface area contributed by atoms with Crippen molar-refractivity contribution in [1.82, 2.24) is 20.6 Å². The summed E-state index contributed by atoms with van der Waals surface area (Å²) in [6, 6.07) is 13.1. The van der Waals surface area contributed by atoms with Gasteiger partial charge in [0.25, 0.3) is 0 Å². The monoisotopic (exact) mass is 322 g/mol. The molecule has 2 heterocycles. The van der Waals surface area contributed by atoms with Crippen molar-refractivity contribution in [2.75, 3.05) is 13.2 Å². The van der Waals surface area contributed by atoms with E-state index < -0.39 is 0 Å². The van der Waals surface area contributed by atoms with E-state index in [1.165, 1.54) is 0 Å². The average Bonchev–Trinajstić information content (AvgIpc) is 2.64. The van der Waals surface area contributed by atoms with E-state index in [4.69, 9.17) is 4.74 Å². The molecule has 2 N–H and O–H groups in total. The van der Waals surface area contributed by atoms with Gasteiger partial charge in [-0.3, -0.25) is 9.97 Å². The number of benzene rings is 1. The SMILES string of the molecule is O=C(NCCOc1cccc2cccnc12)NCc1ccncc1. The van der Waals surface area contributed by atoms with E-state index in [2.05, 4.69) is 20.6 Å². The summed E-state index contributed by atoms with van der Waals surface area (Å²) in [5.41, 5.74) is 1.82. The van der Waals surface area contributed by atoms with Gasteiger partial charge >= 0.3 is 6.03 Å². The van der Waals surface area contributed by atoms with E-state index in [0.29, 0.717) is 25.4 Å². The summed E-state index contributed by atoms with van der Waals surface area (Å²) in [4.78, 5) is 20.0. The number of aromatic nitrogens is 2. The highest BCUT2D eigenvalue weighted by atomic mass is 16.5. The zero-order chi connectivity index (χ0) is 16.6. The molecule has 2 amide bonds. The van der Waals surface area contributed by atoms with Gasteiger partial charge in [-0.25, -0.2) is 4.79 Å². The highest BCUT2D eigenvalue weighted by Crippen LogP contribution is 2.22. The van der Waals surface area contributed by atoms with Gasteiger partial charge in [0.1, 0.15) is 17.9 Å². The Morgan fingerprint density at radius 1 is 1.00 bits per heavy atom. The molecule has 3 aromatic rings. The molecular formula is C18H18N4O2. The minimum Gasteiger partial charge on any atom is -0.489 e. The molecule has 0 spiro atoms. The molecule has 0 saturated carbocycles. The Morgan fingerprint density at radius 2 is 1.83 bits per heavy atom. The van der Waals surface area contributed by atoms with Gasteiger partial charge in [-0.1, -0.05) is 18.2 Å². The number of nitrogens with one attached hydrogen (secondary N) is 2.